The summed E-state index contributed by atoms with van der Waals surface area (Å²) in [6.45, 7) is -2.89. The number of carbonyl (C=O) groups excluding carboxylic acids is 1. The van der Waals surface area contributed by atoms with Gasteiger partial charge in [-0.15, -0.1) is 0 Å². The third-order valence-corrected chi connectivity index (χ3v) is 2.70. The Morgan fingerprint density at radius 1 is 1.29 bits per heavy atom. The molecule has 0 heterocycles. The van der Waals surface area contributed by atoms with E-state index >= 15 is 0 Å². The maximum Gasteiger partial charge on any atom is 0.387 e. The molecule has 0 spiro atoms. The van der Waals surface area contributed by atoms with Crippen LogP contribution in [0.2, 0.25) is 0 Å². The first-order valence-corrected chi connectivity index (χ1v) is 5.02. The number of alkyl halides is 2. The SMILES string of the molecule is O=Cc1cc(Br)c(OC(F)F)cc1Br. The summed E-state index contributed by atoms with van der Waals surface area (Å²) in [5.41, 5.74) is 0.360. The molecule has 0 bridgehead atoms. The standard InChI is InChI=1S/C8H4Br2F2O2/c9-5-2-7(14-8(11)12)6(10)1-4(5)3-13/h1-3,8H. The number of hydrogen-bond donors (Lipinski definition) is 0. The monoisotopic (exact) mass is 328 g/mol. The first kappa shape index (κ1) is 11.6. The third kappa shape index (κ3) is 2.75. The van der Waals surface area contributed by atoms with Crippen molar-refractivity contribution in [2.45, 2.75) is 6.61 Å². The maximum atomic E-state index is 11.9. The van der Waals surface area contributed by atoms with Crippen molar-refractivity contribution < 1.29 is 18.3 Å². The number of carbonyl (C=O) groups is 1. The average Bonchev–Trinajstić information content (AvgIpc) is 2.10. The van der Waals surface area contributed by atoms with E-state index in [1.807, 2.05) is 0 Å². The minimum Gasteiger partial charge on any atom is -0.434 e. The highest BCUT2D eigenvalue weighted by atomic mass is 79.9. The summed E-state index contributed by atoms with van der Waals surface area (Å²) in [4.78, 5) is 10.5. The minimum absolute atomic E-state index is 0.0162. The van der Waals surface area contributed by atoms with Crippen molar-refractivity contribution in [1.82, 2.24) is 0 Å². The van der Waals surface area contributed by atoms with Gasteiger partial charge in [-0.05, 0) is 44.0 Å². The molecule has 1 rings (SSSR count). The van der Waals surface area contributed by atoms with E-state index in [0.29, 0.717) is 20.8 Å². The molecule has 1 aromatic rings. The molecule has 1 aromatic carbocycles. The fraction of sp³-hybridized carbons (Fsp3) is 0.125. The van der Waals surface area contributed by atoms with Gasteiger partial charge in [0.05, 0.1) is 4.47 Å². The van der Waals surface area contributed by atoms with Crippen LogP contribution < -0.4 is 4.74 Å². The number of ether oxygens (including phenoxy) is 1. The number of aldehydes is 1. The number of benzene rings is 1. The van der Waals surface area contributed by atoms with E-state index < -0.39 is 6.61 Å². The Bertz CT molecular complexity index is 355. The predicted octanol–water partition coefficient (Wildman–Crippen LogP) is 3.63. The number of halogens is 4. The lowest BCUT2D eigenvalue weighted by atomic mass is 10.2. The van der Waals surface area contributed by atoms with E-state index in [-0.39, 0.29) is 5.75 Å². The molecule has 14 heavy (non-hydrogen) atoms. The van der Waals surface area contributed by atoms with Crippen molar-refractivity contribution >= 4 is 38.1 Å². The lowest BCUT2D eigenvalue weighted by Gasteiger charge is -2.08. The molecule has 0 saturated heterocycles. The fourth-order valence-corrected chi connectivity index (χ4v) is 1.69. The minimum atomic E-state index is -2.89. The molecule has 76 valence electrons. The van der Waals surface area contributed by atoms with Crippen LogP contribution in [0.25, 0.3) is 0 Å². The highest BCUT2D eigenvalue weighted by Gasteiger charge is 2.11. The van der Waals surface area contributed by atoms with Crippen LogP contribution in [0.5, 0.6) is 5.75 Å². The van der Waals surface area contributed by atoms with Crippen molar-refractivity contribution in [3.63, 3.8) is 0 Å². The van der Waals surface area contributed by atoms with Crippen LogP contribution >= 0.6 is 31.9 Å². The summed E-state index contributed by atoms with van der Waals surface area (Å²) >= 11 is 6.07. The lowest BCUT2D eigenvalue weighted by molar-refractivity contribution is -0.0503. The van der Waals surface area contributed by atoms with E-state index in [1.54, 1.807) is 0 Å². The topological polar surface area (TPSA) is 26.3 Å². The molecule has 0 aliphatic heterocycles. The van der Waals surface area contributed by atoms with Crippen LogP contribution in [0.3, 0.4) is 0 Å². The summed E-state index contributed by atoms with van der Waals surface area (Å²) in [6, 6.07) is 2.70. The number of hydrogen-bond acceptors (Lipinski definition) is 2. The van der Waals surface area contributed by atoms with Gasteiger partial charge in [-0.2, -0.15) is 8.78 Å². The summed E-state index contributed by atoms with van der Waals surface area (Å²) < 4.78 is 28.7. The highest BCUT2D eigenvalue weighted by Crippen LogP contribution is 2.31. The summed E-state index contributed by atoms with van der Waals surface area (Å²) in [6.07, 6.45) is 0.612. The van der Waals surface area contributed by atoms with Gasteiger partial charge >= 0.3 is 6.61 Å². The summed E-state index contributed by atoms with van der Waals surface area (Å²) in [5, 5.41) is 0. The van der Waals surface area contributed by atoms with Crippen LogP contribution in [0.15, 0.2) is 21.1 Å². The molecule has 0 aliphatic carbocycles. The smallest absolute Gasteiger partial charge is 0.387 e. The van der Waals surface area contributed by atoms with Gasteiger partial charge in [-0.3, -0.25) is 4.79 Å². The van der Waals surface area contributed by atoms with E-state index in [0.717, 1.165) is 0 Å². The largest absolute Gasteiger partial charge is 0.434 e. The third-order valence-electron chi connectivity index (χ3n) is 1.39. The predicted molar refractivity (Wildman–Crippen MR) is 53.9 cm³/mol. The average molecular weight is 330 g/mol. The van der Waals surface area contributed by atoms with Crippen LogP contribution in [0, 0.1) is 0 Å². The molecule has 0 radical (unpaired) electrons. The van der Waals surface area contributed by atoms with Crippen LogP contribution in [0.1, 0.15) is 10.4 Å². The maximum absolute atomic E-state index is 11.9. The molecule has 0 amide bonds. The van der Waals surface area contributed by atoms with Gasteiger partial charge in [0.1, 0.15) is 5.75 Å². The quantitative estimate of drug-likeness (QED) is 0.792. The second-order valence-electron chi connectivity index (χ2n) is 2.30. The Kier molecular flexibility index (Phi) is 4.00. The second-order valence-corrected chi connectivity index (χ2v) is 4.01. The molecular formula is C8H4Br2F2O2. The molecule has 0 atom stereocenters. The molecule has 0 aromatic heterocycles. The summed E-state index contributed by atoms with van der Waals surface area (Å²) in [5.74, 6) is -0.0162. The Hall–Kier alpha value is -0.490. The zero-order chi connectivity index (χ0) is 10.7. The van der Waals surface area contributed by atoms with Gasteiger partial charge in [-0.1, -0.05) is 0 Å². The summed E-state index contributed by atoms with van der Waals surface area (Å²) in [7, 11) is 0. The lowest BCUT2D eigenvalue weighted by Crippen LogP contribution is -2.02. The fourth-order valence-electron chi connectivity index (χ4n) is 0.821. The first-order chi connectivity index (χ1) is 6.54. The van der Waals surface area contributed by atoms with Crippen molar-refractivity contribution in [1.29, 1.82) is 0 Å². The molecule has 0 N–H and O–H groups in total. The van der Waals surface area contributed by atoms with E-state index in [2.05, 4.69) is 36.6 Å². The Morgan fingerprint density at radius 3 is 2.43 bits per heavy atom. The molecule has 6 heteroatoms. The van der Waals surface area contributed by atoms with Gasteiger partial charge in [0.2, 0.25) is 0 Å². The van der Waals surface area contributed by atoms with Crippen LogP contribution in [-0.4, -0.2) is 12.9 Å². The van der Waals surface area contributed by atoms with E-state index in [9.17, 15) is 13.6 Å². The molecule has 0 fully saturated rings. The Balaban J connectivity index is 3.08. The van der Waals surface area contributed by atoms with Gasteiger partial charge in [0.15, 0.2) is 6.29 Å². The highest BCUT2D eigenvalue weighted by molar-refractivity contribution is 9.11. The zero-order valence-corrected chi connectivity index (χ0v) is 9.81. The first-order valence-electron chi connectivity index (χ1n) is 3.43. The number of rotatable bonds is 3. The zero-order valence-electron chi connectivity index (χ0n) is 6.64. The molecule has 2 nitrogen and oxygen atoms in total. The van der Waals surface area contributed by atoms with Crippen molar-refractivity contribution in [3.8, 4) is 5.75 Å². The van der Waals surface area contributed by atoms with Gasteiger partial charge in [0.25, 0.3) is 0 Å². The Morgan fingerprint density at radius 2 is 1.93 bits per heavy atom. The van der Waals surface area contributed by atoms with Crippen LogP contribution in [0.4, 0.5) is 8.78 Å². The van der Waals surface area contributed by atoms with Crippen LogP contribution in [-0.2, 0) is 0 Å². The van der Waals surface area contributed by atoms with Crippen molar-refractivity contribution in [2.75, 3.05) is 0 Å². The van der Waals surface area contributed by atoms with Gasteiger partial charge < -0.3 is 4.74 Å². The van der Waals surface area contributed by atoms with Crippen molar-refractivity contribution in [2.24, 2.45) is 0 Å². The van der Waals surface area contributed by atoms with E-state index in [1.165, 1.54) is 12.1 Å². The molecule has 0 unspecified atom stereocenters. The molecular weight excluding hydrogens is 326 g/mol. The van der Waals surface area contributed by atoms with E-state index in [4.69, 9.17) is 0 Å². The second kappa shape index (κ2) is 4.84. The van der Waals surface area contributed by atoms with Gasteiger partial charge in [0, 0.05) is 10.0 Å². The normalized spacial score (nSPS) is 10.4. The van der Waals surface area contributed by atoms with Crippen molar-refractivity contribution in [3.05, 3.63) is 26.6 Å². The molecule has 0 saturated carbocycles. The molecule has 0 aliphatic rings. The van der Waals surface area contributed by atoms with Gasteiger partial charge in [-0.25, -0.2) is 0 Å². The Labute approximate surface area is 95.5 Å².